The molecule has 0 fully saturated rings. The number of rotatable bonds is 2. The Bertz CT molecular complexity index is 801. The van der Waals surface area contributed by atoms with Gasteiger partial charge in [-0.15, -0.1) is 0 Å². The van der Waals surface area contributed by atoms with Gasteiger partial charge in [0, 0.05) is 28.8 Å². The fourth-order valence-corrected chi connectivity index (χ4v) is 3.82. The number of fused-ring (bicyclic) bond motifs is 3. The highest BCUT2D eigenvalue weighted by atomic mass is 35.5. The molecule has 0 saturated carbocycles. The number of nitrogens with one attached hydrogen (secondary N) is 1. The number of nitro groups is 1. The van der Waals surface area contributed by atoms with E-state index in [0.717, 1.165) is 22.7 Å². The molecule has 1 heterocycles. The van der Waals surface area contributed by atoms with Gasteiger partial charge in [-0.05, 0) is 41.7 Å². The summed E-state index contributed by atoms with van der Waals surface area (Å²) in [5, 5.41) is 15.3. The van der Waals surface area contributed by atoms with Crippen LogP contribution in [0, 0.1) is 16.0 Å². The molecule has 0 unspecified atom stereocenters. The standard InChI is InChI=1S/C18H15ClN2O2/c19-12-6-4-11(5-7-12)18-15-3-1-2-14(15)16-10-13(21(22)23)8-9-17(16)20-18/h1-2,4-10,14-15,18,20H,3H2/t14-,15-,18-/m0/s1. The zero-order chi connectivity index (χ0) is 16.0. The van der Waals surface area contributed by atoms with Crippen LogP contribution in [0.15, 0.2) is 54.6 Å². The summed E-state index contributed by atoms with van der Waals surface area (Å²) < 4.78 is 0. The molecule has 0 bridgehead atoms. The number of halogens is 1. The van der Waals surface area contributed by atoms with E-state index in [2.05, 4.69) is 17.5 Å². The summed E-state index contributed by atoms with van der Waals surface area (Å²) in [6, 6.07) is 13.2. The normalized spacial score (nSPS) is 24.7. The lowest BCUT2D eigenvalue weighted by Crippen LogP contribution is -2.29. The number of non-ortho nitro benzene ring substituents is 1. The predicted molar refractivity (Wildman–Crippen MR) is 90.9 cm³/mol. The SMILES string of the molecule is O=[N+]([O-])c1ccc2c(c1)[C@H]1C=CC[C@@H]1[C@H](c1ccc(Cl)cc1)N2. The van der Waals surface area contributed by atoms with Gasteiger partial charge in [0.1, 0.15) is 0 Å². The summed E-state index contributed by atoms with van der Waals surface area (Å²) in [6.07, 6.45) is 5.32. The van der Waals surface area contributed by atoms with Crippen molar-refractivity contribution in [1.82, 2.24) is 0 Å². The van der Waals surface area contributed by atoms with Gasteiger partial charge in [0.2, 0.25) is 0 Å². The second-order valence-electron chi connectivity index (χ2n) is 6.06. The molecule has 0 spiro atoms. The van der Waals surface area contributed by atoms with E-state index in [-0.39, 0.29) is 22.6 Å². The average molecular weight is 327 g/mol. The highest BCUT2D eigenvalue weighted by Gasteiger charge is 2.38. The molecule has 4 rings (SSSR count). The third-order valence-electron chi connectivity index (χ3n) is 4.79. The second kappa shape index (κ2) is 5.39. The van der Waals surface area contributed by atoms with E-state index >= 15 is 0 Å². The quantitative estimate of drug-likeness (QED) is 0.476. The zero-order valence-electron chi connectivity index (χ0n) is 12.3. The van der Waals surface area contributed by atoms with Gasteiger partial charge in [-0.3, -0.25) is 10.1 Å². The van der Waals surface area contributed by atoms with Gasteiger partial charge >= 0.3 is 0 Å². The van der Waals surface area contributed by atoms with E-state index in [4.69, 9.17) is 11.6 Å². The van der Waals surface area contributed by atoms with Crippen LogP contribution in [-0.4, -0.2) is 4.92 Å². The Kier molecular flexibility index (Phi) is 3.34. The molecule has 2 aliphatic rings. The summed E-state index contributed by atoms with van der Waals surface area (Å²) in [7, 11) is 0. The van der Waals surface area contributed by atoms with Crippen LogP contribution in [-0.2, 0) is 0 Å². The number of anilines is 1. The number of hydrogen-bond donors (Lipinski definition) is 1. The van der Waals surface area contributed by atoms with E-state index in [1.165, 1.54) is 5.56 Å². The molecule has 23 heavy (non-hydrogen) atoms. The molecule has 1 aliphatic heterocycles. The van der Waals surface area contributed by atoms with Crippen LogP contribution in [0.1, 0.15) is 29.5 Å². The summed E-state index contributed by atoms with van der Waals surface area (Å²) in [5.74, 6) is 0.581. The highest BCUT2D eigenvalue weighted by molar-refractivity contribution is 6.30. The Morgan fingerprint density at radius 1 is 1.17 bits per heavy atom. The Labute approximate surface area is 138 Å². The topological polar surface area (TPSA) is 55.2 Å². The van der Waals surface area contributed by atoms with Crippen LogP contribution in [0.5, 0.6) is 0 Å². The van der Waals surface area contributed by atoms with Crippen molar-refractivity contribution in [3.05, 3.63) is 80.9 Å². The monoisotopic (exact) mass is 326 g/mol. The molecule has 2 aromatic rings. The average Bonchev–Trinajstić information content (AvgIpc) is 3.04. The fourth-order valence-electron chi connectivity index (χ4n) is 3.70. The third kappa shape index (κ3) is 2.39. The van der Waals surface area contributed by atoms with Crippen LogP contribution in [0.25, 0.3) is 0 Å². The second-order valence-corrected chi connectivity index (χ2v) is 6.49. The summed E-state index contributed by atoms with van der Waals surface area (Å²) >= 11 is 5.99. The van der Waals surface area contributed by atoms with Crippen molar-refractivity contribution < 1.29 is 4.92 Å². The third-order valence-corrected chi connectivity index (χ3v) is 5.04. The maximum absolute atomic E-state index is 11.1. The first-order valence-electron chi connectivity index (χ1n) is 7.60. The summed E-state index contributed by atoms with van der Waals surface area (Å²) in [6.45, 7) is 0. The van der Waals surface area contributed by atoms with Gasteiger partial charge in [-0.1, -0.05) is 35.9 Å². The smallest absolute Gasteiger partial charge is 0.269 e. The van der Waals surface area contributed by atoms with Gasteiger partial charge in [-0.25, -0.2) is 0 Å². The molecule has 0 radical (unpaired) electrons. The Morgan fingerprint density at radius 2 is 1.96 bits per heavy atom. The molecule has 0 saturated heterocycles. The van der Waals surface area contributed by atoms with E-state index in [0.29, 0.717) is 5.92 Å². The van der Waals surface area contributed by atoms with E-state index in [1.807, 2.05) is 30.3 Å². The molecule has 4 nitrogen and oxygen atoms in total. The molecule has 5 heteroatoms. The number of nitro benzene ring substituents is 1. The Hall–Kier alpha value is -2.33. The predicted octanol–water partition coefficient (Wildman–Crippen LogP) is 5.07. The molecule has 3 atom stereocenters. The Morgan fingerprint density at radius 3 is 2.70 bits per heavy atom. The zero-order valence-corrected chi connectivity index (χ0v) is 13.0. The van der Waals surface area contributed by atoms with Crippen LogP contribution >= 0.6 is 11.6 Å². The van der Waals surface area contributed by atoms with Gasteiger partial charge in [0.15, 0.2) is 0 Å². The number of benzene rings is 2. The van der Waals surface area contributed by atoms with Gasteiger partial charge in [0.05, 0.1) is 11.0 Å². The molecule has 2 aromatic carbocycles. The van der Waals surface area contributed by atoms with Crippen LogP contribution < -0.4 is 5.32 Å². The van der Waals surface area contributed by atoms with Crippen molar-refractivity contribution in [2.75, 3.05) is 5.32 Å². The lowest BCUT2D eigenvalue weighted by molar-refractivity contribution is -0.384. The van der Waals surface area contributed by atoms with Crippen molar-refractivity contribution >= 4 is 23.0 Å². The van der Waals surface area contributed by atoms with Crippen molar-refractivity contribution in [1.29, 1.82) is 0 Å². The minimum atomic E-state index is -0.334. The molecular weight excluding hydrogens is 312 g/mol. The fraction of sp³-hybridized carbons (Fsp3) is 0.222. The van der Waals surface area contributed by atoms with Gasteiger partial charge in [0.25, 0.3) is 5.69 Å². The van der Waals surface area contributed by atoms with E-state index < -0.39 is 0 Å². The van der Waals surface area contributed by atoms with Crippen LogP contribution in [0.3, 0.4) is 0 Å². The number of hydrogen-bond acceptors (Lipinski definition) is 3. The van der Waals surface area contributed by atoms with Crippen molar-refractivity contribution in [3.8, 4) is 0 Å². The first-order chi connectivity index (χ1) is 11.1. The maximum atomic E-state index is 11.1. The number of allylic oxidation sites excluding steroid dienone is 2. The molecule has 1 N–H and O–H groups in total. The first-order valence-corrected chi connectivity index (χ1v) is 7.98. The van der Waals surface area contributed by atoms with Crippen LogP contribution in [0.2, 0.25) is 5.02 Å². The Balaban J connectivity index is 1.77. The van der Waals surface area contributed by atoms with Gasteiger partial charge < -0.3 is 5.32 Å². The largest absolute Gasteiger partial charge is 0.378 e. The van der Waals surface area contributed by atoms with Crippen molar-refractivity contribution in [2.24, 2.45) is 5.92 Å². The molecule has 1 aliphatic carbocycles. The lowest BCUT2D eigenvalue weighted by atomic mass is 9.77. The highest BCUT2D eigenvalue weighted by Crippen LogP contribution is 2.50. The molecule has 0 aromatic heterocycles. The van der Waals surface area contributed by atoms with Crippen LogP contribution in [0.4, 0.5) is 11.4 Å². The first kappa shape index (κ1) is 14.3. The van der Waals surface area contributed by atoms with Crippen molar-refractivity contribution in [3.63, 3.8) is 0 Å². The summed E-state index contributed by atoms with van der Waals surface area (Å²) in [5.41, 5.74) is 3.33. The van der Waals surface area contributed by atoms with Crippen molar-refractivity contribution in [2.45, 2.75) is 18.4 Å². The molecule has 116 valence electrons. The lowest BCUT2D eigenvalue weighted by Gasteiger charge is -2.37. The van der Waals surface area contributed by atoms with Gasteiger partial charge in [-0.2, -0.15) is 0 Å². The minimum Gasteiger partial charge on any atom is -0.378 e. The molecule has 0 amide bonds. The maximum Gasteiger partial charge on any atom is 0.269 e. The van der Waals surface area contributed by atoms with E-state index in [1.54, 1.807) is 12.1 Å². The molecular formula is C18H15ClN2O2. The minimum absolute atomic E-state index is 0.148. The number of nitrogens with zero attached hydrogens (tertiary/aromatic N) is 1. The van der Waals surface area contributed by atoms with E-state index in [9.17, 15) is 10.1 Å². The summed E-state index contributed by atoms with van der Waals surface area (Å²) in [4.78, 5) is 10.7.